The van der Waals surface area contributed by atoms with E-state index in [1.807, 2.05) is 62.8 Å². The lowest BCUT2D eigenvalue weighted by Crippen LogP contribution is -2.16. The van der Waals surface area contributed by atoms with Crippen LogP contribution in [0.2, 0.25) is 5.02 Å². The molecule has 0 aliphatic carbocycles. The first-order chi connectivity index (χ1) is 15.8. The van der Waals surface area contributed by atoms with Crippen molar-refractivity contribution in [1.82, 2.24) is 24.7 Å². The minimum Gasteiger partial charge on any atom is -0.362 e. The Bertz CT molecular complexity index is 1320. The van der Waals surface area contributed by atoms with E-state index in [2.05, 4.69) is 30.7 Å². The van der Waals surface area contributed by atoms with Crippen molar-refractivity contribution >= 4 is 40.2 Å². The summed E-state index contributed by atoms with van der Waals surface area (Å²) in [6, 6.07) is 7.64. The van der Waals surface area contributed by atoms with Crippen molar-refractivity contribution in [3.05, 3.63) is 70.3 Å². The number of aryl methyl sites for hydroxylation is 3. The van der Waals surface area contributed by atoms with Crippen molar-refractivity contribution < 1.29 is 4.79 Å². The first-order valence-electron chi connectivity index (χ1n) is 10.8. The van der Waals surface area contributed by atoms with Gasteiger partial charge in [0.1, 0.15) is 11.3 Å². The van der Waals surface area contributed by atoms with Gasteiger partial charge in [0.2, 0.25) is 11.6 Å². The topological polar surface area (TPSA) is 97.6 Å². The van der Waals surface area contributed by atoms with E-state index in [4.69, 9.17) is 11.6 Å². The van der Waals surface area contributed by atoms with Crippen LogP contribution in [0.5, 0.6) is 0 Å². The number of anilines is 2. The highest BCUT2D eigenvalue weighted by atomic mass is 35.5. The Morgan fingerprint density at radius 2 is 1.97 bits per heavy atom. The van der Waals surface area contributed by atoms with Crippen LogP contribution < -0.4 is 10.6 Å². The van der Waals surface area contributed by atoms with Crippen molar-refractivity contribution in [2.75, 3.05) is 10.6 Å². The Morgan fingerprint density at radius 1 is 1.15 bits per heavy atom. The van der Waals surface area contributed by atoms with Crippen LogP contribution in [0.15, 0.2) is 42.9 Å². The molecule has 1 amide bonds. The number of halogens is 1. The van der Waals surface area contributed by atoms with Crippen LogP contribution >= 0.6 is 11.6 Å². The standard InChI is InChI=1S/C24H26ClN7O/c1-5-32-13-21-24(31-32)30-22(12-27-21)28-16(4)19-9-17(7-6-14(19)2)29-23(33)10-18-8-15(3)20(25)11-26-18/h6-9,11-13,16H,5,10H2,1-4H3,(H,29,33)(H,28,30,31)/t16-/m0/s1. The SMILES string of the molecule is CCn1cc2ncc(N[C@@H](C)c3cc(NC(=O)Cc4cc(C)c(Cl)cn4)ccc3C)nc2n1. The van der Waals surface area contributed by atoms with E-state index in [1.165, 1.54) is 0 Å². The second-order valence-electron chi connectivity index (χ2n) is 8.04. The number of pyridine rings is 1. The van der Waals surface area contributed by atoms with Crippen LogP contribution in [0.4, 0.5) is 11.5 Å². The Kier molecular flexibility index (Phi) is 6.55. The monoisotopic (exact) mass is 463 g/mol. The number of nitrogens with zero attached hydrogens (tertiary/aromatic N) is 5. The third kappa shape index (κ3) is 5.28. The maximum Gasteiger partial charge on any atom is 0.230 e. The first-order valence-corrected chi connectivity index (χ1v) is 11.2. The number of nitrogens with one attached hydrogen (secondary N) is 2. The number of amides is 1. The molecule has 8 nitrogen and oxygen atoms in total. The molecule has 0 fully saturated rings. The average molecular weight is 464 g/mol. The van der Waals surface area contributed by atoms with Gasteiger partial charge in [-0.1, -0.05) is 17.7 Å². The van der Waals surface area contributed by atoms with Gasteiger partial charge in [0.15, 0.2) is 0 Å². The molecule has 0 saturated heterocycles. The Morgan fingerprint density at radius 3 is 2.73 bits per heavy atom. The fourth-order valence-electron chi connectivity index (χ4n) is 3.62. The van der Waals surface area contributed by atoms with Gasteiger partial charge < -0.3 is 10.6 Å². The van der Waals surface area contributed by atoms with E-state index in [0.29, 0.717) is 22.2 Å². The highest BCUT2D eigenvalue weighted by Crippen LogP contribution is 2.25. The normalized spacial score (nSPS) is 12.0. The molecule has 0 bridgehead atoms. The van der Waals surface area contributed by atoms with Crippen LogP contribution in [0.1, 0.15) is 42.3 Å². The molecule has 1 atom stereocenters. The van der Waals surface area contributed by atoms with Crippen molar-refractivity contribution in [2.24, 2.45) is 0 Å². The van der Waals surface area contributed by atoms with E-state index in [9.17, 15) is 4.79 Å². The van der Waals surface area contributed by atoms with Crippen molar-refractivity contribution in [2.45, 2.75) is 46.7 Å². The molecule has 2 N–H and O–H groups in total. The maximum absolute atomic E-state index is 12.6. The van der Waals surface area contributed by atoms with E-state index in [-0.39, 0.29) is 18.4 Å². The van der Waals surface area contributed by atoms with Gasteiger partial charge in [-0.05, 0) is 62.6 Å². The molecular formula is C24H26ClN7O. The molecule has 33 heavy (non-hydrogen) atoms. The summed E-state index contributed by atoms with van der Waals surface area (Å²) in [5.41, 5.74) is 5.83. The number of rotatable bonds is 7. The molecule has 3 aromatic heterocycles. The molecule has 0 aliphatic rings. The Balaban J connectivity index is 1.46. The highest BCUT2D eigenvalue weighted by molar-refractivity contribution is 6.31. The highest BCUT2D eigenvalue weighted by Gasteiger charge is 2.13. The number of benzene rings is 1. The second kappa shape index (κ2) is 9.54. The summed E-state index contributed by atoms with van der Waals surface area (Å²) < 4.78 is 1.81. The van der Waals surface area contributed by atoms with Crippen LogP contribution in [-0.4, -0.2) is 30.6 Å². The van der Waals surface area contributed by atoms with Gasteiger partial charge in [0, 0.05) is 18.4 Å². The molecule has 0 spiro atoms. The van der Waals surface area contributed by atoms with Gasteiger partial charge in [0.25, 0.3) is 0 Å². The summed E-state index contributed by atoms with van der Waals surface area (Å²) >= 11 is 6.02. The van der Waals surface area contributed by atoms with Crippen LogP contribution in [0, 0.1) is 13.8 Å². The predicted molar refractivity (Wildman–Crippen MR) is 131 cm³/mol. The van der Waals surface area contributed by atoms with Gasteiger partial charge in [-0.3, -0.25) is 14.5 Å². The first kappa shape index (κ1) is 22.7. The molecule has 0 radical (unpaired) electrons. The quantitative estimate of drug-likeness (QED) is 0.406. The zero-order chi connectivity index (χ0) is 23.5. The molecule has 4 rings (SSSR count). The van der Waals surface area contributed by atoms with E-state index >= 15 is 0 Å². The zero-order valence-corrected chi connectivity index (χ0v) is 19.8. The van der Waals surface area contributed by atoms with E-state index in [0.717, 1.165) is 34.4 Å². The number of carbonyl (C=O) groups excluding carboxylic acids is 1. The van der Waals surface area contributed by atoms with Gasteiger partial charge >= 0.3 is 0 Å². The maximum atomic E-state index is 12.6. The smallest absolute Gasteiger partial charge is 0.230 e. The molecule has 9 heteroatoms. The number of hydrogen-bond acceptors (Lipinski definition) is 6. The van der Waals surface area contributed by atoms with E-state index in [1.54, 1.807) is 12.4 Å². The Hall–Kier alpha value is -3.52. The number of hydrogen-bond donors (Lipinski definition) is 2. The summed E-state index contributed by atoms with van der Waals surface area (Å²) in [4.78, 5) is 25.8. The number of carbonyl (C=O) groups is 1. The lowest BCUT2D eigenvalue weighted by Gasteiger charge is -2.18. The molecule has 170 valence electrons. The van der Waals surface area contributed by atoms with Crippen LogP contribution in [0.25, 0.3) is 11.2 Å². The summed E-state index contributed by atoms with van der Waals surface area (Å²) in [5, 5.41) is 11.4. The molecule has 4 aromatic rings. The summed E-state index contributed by atoms with van der Waals surface area (Å²) in [6.07, 6.45) is 5.34. The summed E-state index contributed by atoms with van der Waals surface area (Å²) in [7, 11) is 0. The third-order valence-corrected chi connectivity index (χ3v) is 5.83. The lowest BCUT2D eigenvalue weighted by molar-refractivity contribution is -0.115. The number of fused-ring (bicyclic) bond motifs is 1. The molecular weight excluding hydrogens is 438 g/mol. The van der Waals surface area contributed by atoms with Crippen molar-refractivity contribution in [3.8, 4) is 0 Å². The van der Waals surface area contributed by atoms with Gasteiger partial charge in [-0.15, -0.1) is 0 Å². The zero-order valence-electron chi connectivity index (χ0n) is 19.1. The third-order valence-electron chi connectivity index (χ3n) is 5.44. The number of aromatic nitrogens is 5. The molecule has 3 heterocycles. The minimum absolute atomic E-state index is 0.0533. The molecule has 0 saturated carbocycles. The van der Waals surface area contributed by atoms with Crippen molar-refractivity contribution in [1.29, 1.82) is 0 Å². The molecule has 0 unspecified atom stereocenters. The molecule has 0 aliphatic heterocycles. The summed E-state index contributed by atoms with van der Waals surface area (Å²) in [5.74, 6) is 0.511. The van der Waals surface area contributed by atoms with E-state index < -0.39 is 0 Å². The lowest BCUT2D eigenvalue weighted by atomic mass is 10.0. The average Bonchev–Trinajstić information content (AvgIpc) is 3.20. The summed E-state index contributed by atoms with van der Waals surface area (Å²) in [6.45, 7) is 8.77. The van der Waals surface area contributed by atoms with Crippen molar-refractivity contribution in [3.63, 3.8) is 0 Å². The Labute approximate surface area is 197 Å². The fraction of sp³-hybridized carbons (Fsp3) is 0.292. The van der Waals surface area contributed by atoms with Gasteiger partial charge in [-0.2, -0.15) is 5.10 Å². The molecule has 1 aromatic carbocycles. The van der Waals surface area contributed by atoms with Crippen LogP contribution in [0.3, 0.4) is 0 Å². The van der Waals surface area contributed by atoms with Gasteiger partial charge in [-0.25, -0.2) is 9.97 Å². The largest absolute Gasteiger partial charge is 0.362 e. The predicted octanol–water partition coefficient (Wildman–Crippen LogP) is 4.87. The fourth-order valence-corrected chi connectivity index (χ4v) is 3.73. The minimum atomic E-state index is -0.137. The second-order valence-corrected chi connectivity index (χ2v) is 8.44. The van der Waals surface area contributed by atoms with Gasteiger partial charge in [0.05, 0.1) is 35.6 Å². The van der Waals surface area contributed by atoms with Crippen LogP contribution in [-0.2, 0) is 17.8 Å².